The van der Waals surface area contributed by atoms with E-state index < -0.39 is 30.0 Å². The molecule has 0 aromatic heterocycles. The van der Waals surface area contributed by atoms with Crippen LogP contribution in [0.1, 0.15) is 40.9 Å². The Bertz CT molecular complexity index is 1400. The van der Waals surface area contributed by atoms with E-state index in [4.69, 9.17) is 32.7 Å². The van der Waals surface area contributed by atoms with Gasteiger partial charge in [0, 0.05) is 21.3 Å². The lowest BCUT2D eigenvalue weighted by Crippen LogP contribution is -2.40. The molecule has 0 saturated carbocycles. The second-order valence-electron chi connectivity index (χ2n) is 9.10. The molecule has 0 bridgehead atoms. The van der Waals surface area contributed by atoms with Gasteiger partial charge < -0.3 is 25.0 Å². The maximum Gasteiger partial charge on any atom is 0.262 e. The number of nitriles is 1. The van der Waals surface area contributed by atoms with E-state index in [2.05, 4.69) is 5.32 Å². The molecule has 0 heterocycles. The van der Waals surface area contributed by atoms with Crippen LogP contribution in [0, 0.1) is 18.3 Å². The molecule has 198 valence electrons. The number of aryl methyl sites for hydroxylation is 1. The average molecular weight is 557 g/mol. The van der Waals surface area contributed by atoms with Crippen molar-refractivity contribution in [1.82, 2.24) is 0 Å². The molecular weight excluding hydrogens is 531 g/mol. The van der Waals surface area contributed by atoms with Crippen LogP contribution >= 0.6 is 23.2 Å². The molecule has 0 aliphatic heterocycles. The van der Waals surface area contributed by atoms with E-state index in [0.717, 1.165) is 0 Å². The van der Waals surface area contributed by atoms with Gasteiger partial charge in [0.25, 0.3) is 5.91 Å². The van der Waals surface area contributed by atoms with Crippen molar-refractivity contribution in [2.45, 2.75) is 32.5 Å². The number of carbonyl (C=O) groups is 2. The Hall–Kier alpha value is -3.61. The first-order valence-corrected chi connectivity index (χ1v) is 12.2. The van der Waals surface area contributed by atoms with Gasteiger partial charge in [-0.1, -0.05) is 23.2 Å². The number of halogens is 2. The maximum absolute atomic E-state index is 13.2. The van der Waals surface area contributed by atoms with Crippen LogP contribution in [0.15, 0.2) is 54.6 Å². The molecule has 0 aliphatic carbocycles. The van der Waals surface area contributed by atoms with E-state index in [1.165, 1.54) is 50.2 Å². The van der Waals surface area contributed by atoms with Crippen molar-refractivity contribution in [1.29, 1.82) is 5.26 Å². The largest absolute Gasteiger partial charge is 0.491 e. The second-order valence-corrected chi connectivity index (χ2v) is 9.98. The first kappa shape index (κ1) is 29.0. The average Bonchev–Trinajstić information content (AvgIpc) is 2.86. The minimum Gasteiger partial charge on any atom is -0.491 e. The summed E-state index contributed by atoms with van der Waals surface area (Å²) in [6.07, 6.45) is -1.07. The highest BCUT2D eigenvalue weighted by Crippen LogP contribution is 2.28. The Morgan fingerprint density at radius 1 is 1.05 bits per heavy atom. The van der Waals surface area contributed by atoms with Gasteiger partial charge in [-0.2, -0.15) is 5.26 Å². The molecule has 0 fully saturated rings. The van der Waals surface area contributed by atoms with Crippen LogP contribution in [0.4, 0.5) is 5.69 Å². The summed E-state index contributed by atoms with van der Waals surface area (Å²) in [6, 6.07) is 15.6. The van der Waals surface area contributed by atoms with E-state index in [9.17, 15) is 25.1 Å². The van der Waals surface area contributed by atoms with E-state index in [1.807, 2.05) is 6.07 Å². The standard InChI is InChI=1S/C28H26Cl2N2O6/c1-16-8-21(37-14-25(33)28(2,3)36)5-6-23(16)32-26(34)15-38-24-7-4-19(29)12-22(24)27(35)18-9-17(13-31)10-20(30)11-18/h4-12,25,33,36H,14-15H2,1-3H3,(H,32,34)/t25-/m1/s1. The molecule has 3 N–H and O–H groups in total. The van der Waals surface area contributed by atoms with Crippen LogP contribution in [0.5, 0.6) is 11.5 Å². The van der Waals surface area contributed by atoms with Crippen molar-refractivity contribution < 1.29 is 29.3 Å². The third-order valence-corrected chi connectivity index (χ3v) is 5.98. The smallest absolute Gasteiger partial charge is 0.262 e. The van der Waals surface area contributed by atoms with Gasteiger partial charge in [0.05, 0.1) is 22.8 Å². The summed E-state index contributed by atoms with van der Waals surface area (Å²) >= 11 is 12.1. The number of hydrogen-bond donors (Lipinski definition) is 3. The van der Waals surface area contributed by atoms with Crippen molar-refractivity contribution in [2.24, 2.45) is 0 Å². The zero-order valence-corrected chi connectivity index (χ0v) is 22.4. The molecule has 0 unspecified atom stereocenters. The number of anilines is 1. The third-order valence-electron chi connectivity index (χ3n) is 5.53. The van der Waals surface area contributed by atoms with E-state index in [0.29, 0.717) is 22.0 Å². The second kappa shape index (κ2) is 12.3. The number of ether oxygens (including phenoxy) is 2. The summed E-state index contributed by atoms with van der Waals surface area (Å²) in [7, 11) is 0. The van der Waals surface area contributed by atoms with Gasteiger partial charge in [0.15, 0.2) is 12.4 Å². The first-order chi connectivity index (χ1) is 17.9. The fourth-order valence-electron chi connectivity index (χ4n) is 3.32. The number of ketones is 1. The number of carbonyl (C=O) groups excluding carboxylic acids is 2. The van der Waals surface area contributed by atoms with Crippen LogP contribution in [-0.4, -0.2) is 46.8 Å². The molecule has 0 aliphatic rings. The van der Waals surface area contributed by atoms with E-state index in [-0.39, 0.29) is 34.1 Å². The summed E-state index contributed by atoms with van der Waals surface area (Å²) in [5.41, 5.74) is 0.436. The molecule has 10 heteroatoms. The normalized spacial score (nSPS) is 11.8. The van der Waals surface area contributed by atoms with Gasteiger partial charge in [0.2, 0.25) is 0 Å². The number of aliphatic hydroxyl groups is 2. The lowest BCUT2D eigenvalue weighted by atomic mass is 10.0. The minimum absolute atomic E-state index is 0.0996. The zero-order valence-electron chi connectivity index (χ0n) is 20.9. The van der Waals surface area contributed by atoms with E-state index in [1.54, 1.807) is 25.1 Å². The highest BCUT2D eigenvalue weighted by Gasteiger charge is 2.25. The van der Waals surface area contributed by atoms with Crippen LogP contribution in [0.2, 0.25) is 10.0 Å². The highest BCUT2D eigenvalue weighted by atomic mass is 35.5. The number of rotatable bonds is 10. The van der Waals surface area contributed by atoms with Gasteiger partial charge in [-0.05, 0) is 80.9 Å². The number of benzene rings is 3. The van der Waals surface area contributed by atoms with Gasteiger partial charge in [-0.3, -0.25) is 9.59 Å². The molecule has 0 radical (unpaired) electrons. The summed E-state index contributed by atoms with van der Waals surface area (Å²) in [4.78, 5) is 25.8. The molecule has 3 rings (SSSR count). The van der Waals surface area contributed by atoms with Crippen molar-refractivity contribution >= 4 is 40.6 Å². The zero-order chi connectivity index (χ0) is 28.0. The molecule has 1 atom stereocenters. The summed E-state index contributed by atoms with van der Waals surface area (Å²) in [5.74, 6) is -0.339. The first-order valence-electron chi connectivity index (χ1n) is 11.5. The summed E-state index contributed by atoms with van der Waals surface area (Å²) < 4.78 is 11.2. The van der Waals surface area contributed by atoms with Crippen molar-refractivity contribution in [3.05, 3.63) is 86.9 Å². The topological polar surface area (TPSA) is 129 Å². The fourth-order valence-corrected chi connectivity index (χ4v) is 3.73. The van der Waals surface area contributed by atoms with Crippen LogP contribution in [0.3, 0.4) is 0 Å². The quantitative estimate of drug-likeness (QED) is 0.302. The highest BCUT2D eigenvalue weighted by molar-refractivity contribution is 6.32. The van der Waals surface area contributed by atoms with Crippen LogP contribution in [0.25, 0.3) is 0 Å². The van der Waals surface area contributed by atoms with Gasteiger partial charge in [-0.15, -0.1) is 0 Å². The number of hydrogen-bond acceptors (Lipinski definition) is 7. The third kappa shape index (κ3) is 7.70. The van der Waals surface area contributed by atoms with Crippen molar-refractivity contribution in [2.75, 3.05) is 18.5 Å². The number of nitrogens with one attached hydrogen (secondary N) is 1. The molecule has 1 amide bonds. The van der Waals surface area contributed by atoms with Crippen LogP contribution in [-0.2, 0) is 4.79 Å². The summed E-state index contributed by atoms with van der Waals surface area (Å²) in [5, 5.41) is 32.2. The lowest BCUT2D eigenvalue weighted by Gasteiger charge is -2.24. The van der Waals surface area contributed by atoms with Gasteiger partial charge in [0.1, 0.15) is 24.2 Å². The number of amides is 1. The van der Waals surface area contributed by atoms with Crippen molar-refractivity contribution in [3.63, 3.8) is 0 Å². The Morgan fingerprint density at radius 2 is 1.79 bits per heavy atom. The molecule has 8 nitrogen and oxygen atoms in total. The predicted octanol–water partition coefficient (Wildman–Crippen LogP) is 4.93. The molecular formula is C28H26Cl2N2O6. The monoisotopic (exact) mass is 556 g/mol. The molecule has 38 heavy (non-hydrogen) atoms. The van der Waals surface area contributed by atoms with Crippen molar-refractivity contribution in [3.8, 4) is 17.6 Å². The number of nitrogens with zero attached hydrogens (tertiary/aromatic N) is 1. The van der Waals surface area contributed by atoms with Gasteiger partial charge in [-0.25, -0.2) is 0 Å². The van der Waals surface area contributed by atoms with Gasteiger partial charge >= 0.3 is 0 Å². The molecule has 0 saturated heterocycles. The maximum atomic E-state index is 13.2. The summed E-state index contributed by atoms with van der Waals surface area (Å²) in [6.45, 7) is 4.25. The van der Waals surface area contributed by atoms with Crippen LogP contribution < -0.4 is 14.8 Å². The minimum atomic E-state index is -1.30. The Balaban J connectivity index is 1.68. The molecule has 3 aromatic rings. The SMILES string of the molecule is Cc1cc(OC[C@@H](O)C(C)(C)O)ccc1NC(=O)COc1ccc(Cl)cc1C(=O)c1cc(Cl)cc(C#N)c1. The Labute approximate surface area is 230 Å². The fraction of sp³-hybridized carbons (Fsp3) is 0.250. The molecule has 0 spiro atoms. The Kier molecular flexibility index (Phi) is 9.36. The Morgan fingerprint density at radius 3 is 2.45 bits per heavy atom. The molecule has 3 aromatic carbocycles. The lowest BCUT2D eigenvalue weighted by molar-refractivity contribution is -0.118. The number of aliphatic hydroxyl groups excluding tert-OH is 1. The predicted molar refractivity (Wildman–Crippen MR) is 144 cm³/mol. The van der Waals surface area contributed by atoms with E-state index >= 15 is 0 Å².